The minimum Gasteiger partial charge on any atom is -0.310 e. The number of fused-ring (bicyclic) bond motifs is 1. The van der Waals surface area contributed by atoms with Crippen LogP contribution in [0.4, 0.5) is 0 Å². The van der Waals surface area contributed by atoms with Crippen molar-refractivity contribution < 1.29 is 0 Å². The Labute approximate surface area is 132 Å². The van der Waals surface area contributed by atoms with Crippen LogP contribution < -0.4 is 5.32 Å². The molecule has 1 unspecified atom stereocenters. The van der Waals surface area contributed by atoms with Crippen molar-refractivity contribution >= 4 is 27.3 Å². The van der Waals surface area contributed by atoms with Gasteiger partial charge in [0, 0.05) is 33.3 Å². The fraction of sp³-hybridized carbons (Fsp3) is 0.467. The van der Waals surface area contributed by atoms with E-state index in [2.05, 4.69) is 44.6 Å². The van der Waals surface area contributed by atoms with Crippen LogP contribution in [0, 0.1) is 0 Å². The predicted molar refractivity (Wildman–Crippen MR) is 87.0 cm³/mol. The summed E-state index contributed by atoms with van der Waals surface area (Å²) in [5.74, 6) is 0.858. The number of thiophene rings is 1. The van der Waals surface area contributed by atoms with Crippen LogP contribution in [0.25, 0.3) is 10.7 Å². The Morgan fingerprint density at radius 3 is 3.10 bits per heavy atom. The number of nitrogens with one attached hydrogen (secondary N) is 1. The maximum atomic E-state index is 4.83. The lowest BCUT2D eigenvalue weighted by Gasteiger charge is -2.17. The first-order valence-electron chi connectivity index (χ1n) is 7.11. The number of aryl methyl sites for hydroxylation is 1. The molecule has 0 fully saturated rings. The molecule has 2 heterocycles. The van der Waals surface area contributed by atoms with Crippen molar-refractivity contribution in [3.63, 3.8) is 0 Å². The molecular formula is C15H18BrN3S. The first-order valence-corrected chi connectivity index (χ1v) is 8.78. The van der Waals surface area contributed by atoms with Gasteiger partial charge in [-0.3, -0.25) is 0 Å². The molecule has 1 N–H and O–H groups in total. The van der Waals surface area contributed by atoms with Gasteiger partial charge in [0.05, 0.1) is 4.88 Å². The fourth-order valence-electron chi connectivity index (χ4n) is 2.72. The Morgan fingerprint density at radius 2 is 2.35 bits per heavy atom. The highest BCUT2D eigenvalue weighted by Gasteiger charge is 2.20. The zero-order valence-corrected chi connectivity index (χ0v) is 13.9. The summed E-state index contributed by atoms with van der Waals surface area (Å²) < 4.78 is 1.10. The molecule has 3 nitrogen and oxygen atoms in total. The van der Waals surface area contributed by atoms with Gasteiger partial charge in [0.2, 0.25) is 0 Å². The molecule has 3 rings (SSSR count). The van der Waals surface area contributed by atoms with Crippen LogP contribution in [0.15, 0.2) is 22.1 Å². The number of aromatic nitrogens is 2. The molecule has 0 spiro atoms. The summed E-state index contributed by atoms with van der Waals surface area (Å²) in [5, 5.41) is 5.63. The number of rotatable bonds is 3. The van der Waals surface area contributed by atoms with E-state index in [1.165, 1.54) is 30.5 Å². The molecular weight excluding hydrogens is 334 g/mol. The third kappa shape index (κ3) is 2.95. The standard InChI is InChI=1S/C15H18BrN3S/c1-2-17-12-5-3-4-6-13-11(12)8-18-15(19-13)14-7-10(16)9-20-14/h7-9,12,17H,2-6H2,1H3. The van der Waals surface area contributed by atoms with Crippen molar-refractivity contribution in [3.05, 3.63) is 33.4 Å². The van der Waals surface area contributed by atoms with Crippen LogP contribution in [-0.2, 0) is 6.42 Å². The molecule has 0 aromatic carbocycles. The lowest BCUT2D eigenvalue weighted by molar-refractivity contribution is 0.502. The molecule has 0 saturated carbocycles. The van der Waals surface area contributed by atoms with Gasteiger partial charge in [-0.15, -0.1) is 11.3 Å². The van der Waals surface area contributed by atoms with Crippen LogP contribution in [0.3, 0.4) is 0 Å². The van der Waals surface area contributed by atoms with E-state index in [1.54, 1.807) is 11.3 Å². The zero-order valence-electron chi connectivity index (χ0n) is 11.5. The number of halogens is 1. The van der Waals surface area contributed by atoms with Gasteiger partial charge in [0.15, 0.2) is 5.82 Å². The van der Waals surface area contributed by atoms with Crippen LogP contribution in [0.2, 0.25) is 0 Å². The molecule has 1 atom stereocenters. The minimum atomic E-state index is 0.418. The summed E-state index contributed by atoms with van der Waals surface area (Å²) in [6.07, 6.45) is 6.77. The van der Waals surface area contributed by atoms with Crippen molar-refractivity contribution in [2.24, 2.45) is 0 Å². The zero-order chi connectivity index (χ0) is 13.9. The van der Waals surface area contributed by atoms with Crippen LogP contribution in [0.5, 0.6) is 0 Å². The normalized spacial score (nSPS) is 18.6. The average Bonchev–Trinajstić information content (AvgIpc) is 2.79. The van der Waals surface area contributed by atoms with E-state index in [-0.39, 0.29) is 0 Å². The van der Waals surface area contributed by atoms with Gasteiger partial charge in [-0.2, -0.15) is 0 Å². The third-order valence-corrected chi connectivity index (χ3v) is 5.36. The van der Waals surface area contributed by atoms with Gasteiger partial charge < -0.3 is 5.32 Å². The quantitative estimate of drug-likeness (QED) is 0.835. The Bertz CT molecular complexity index is 597. The highest BCUT2D eigenvalue weighted by molar-refractivity contribution is 9.10. The monoisotopic (exact) mass is 351 g/mol. The van der Waals surface area contributed by atoms with Crippen molar-refractivity contribution in [2.45, 2.75) is 38.6 Å². The molecule has 20 heavy (non-hydrogen) atoms. The first kappa shape index (κ1) is 14.2. The smallest absolute Gasteiger partial charge is 0.169 e. The minimum absolute atomic E-state index is 0.418. The number of hydrogen-bond acceptors (Lipinski definition) is 4. The lowest BCUT2D eigenvalue weighted by atomic mass is 10.1. The Balaban J connectivity index is 1.97. The highest BCUT2D eigenvalue weighted by Crippen LogP contribution is 2.31. The summed E-state index contributed by atoms with van der Waals surface area (Å²) in [6, 6.07) is 2.51. The molecule has 0 amide bonds. The topological polar surface area (TPSA) is 37.8 Å². The Hall–Kier alpha value is -0.780. The highest BCUT2D eigenvalue weighted by atomic mass is 79.9. The van der Waals surface area contributed by atoms with E-state index < -0.39 is 0 Å². The van der Waals surface area contributed by atoms with Gasteiger partial charge in [-0.05, 0) is 47.8 Å². The maximum absolute atomic E-state index is 4.83. The van der Waals surface area contributed by atoms with Crippen molar-refractivity contribution in [1.82, 2.24) is 15.3 Å². The van der Waals surface area contributed by atoms with Crippen LogP contribution >= 0.6 is 27.3 Å². The van der Waals surface area contributed by atoms with E-state index in [0.717, 1.165) is 28.1 Å². The lowest BCUT2D eigenvalue weighted by Crippen LogP contribution is -2.21. The fourth-order valence-corrected chi connectivity index (χ4v) is 4.09. The molecule has 0 saturated heterocycles. The second-order valence-corrected chi connectivity index (χ2v) is 6.91. The van der Waals surface area contributed by atoms with Crippen LogP contribution in [0.1, 0.15) is 43.5 Å². The Morgan fingerprint density at radius 1 is 1.45 bits per heavy atom. The molecule has 5 heteroatoms. The van der Waals surface area contributed by atoms with Gasteiger partial charge in [-0.1, -0.05) is 13.3 Å². The maximum Gasteiger partial charge on any atom is 0.169 e. The third-order valence-electron chi connectivity index (χ3n) is 3.67. The average molecular weight is 352 g/mol. The molecule has 0 radical (unpaired) electrons. The summed E-state index contributed by atoms with van der Waals surface area (Å²) in [7, 11) is 0. The van der Waals surface area contributed by atoms with Crippen LogP contribution in [-0.4, -0.2) is 16.5 Å². The largest absolute Gasteiger partial charge is 0.310 e. The molecule has 2 aromatic rings. The SMILES string of the molecule is CCNC1CCCCc2nc(-c3cc(Br)cs3)ncc21. The van der Waals surface area contributed by atoms with Gasteiger partial charge in [0.1, 0.15) is 0 Å². The first-order chi connectivity index (χ1) is 9.78. The van der Waals surface area contributed by atoms with Crippen molar-refractivity contribution in [3.8, 4) is 10.7 Å². The van der Waals surface area contributed by atoms with Gasteiger partial charge in [0.25, 0.3) is 0 Å². The molecule has 0 aliphatic heterocycles. The second kappa shape index (κ2) is 6.33. The summed E-state index contributed by atoms with van der Waals surface area (Å²) >= 11 is 5.17. The number of nitrogens with zero attached hydrogens (tertiary/aromatic N) is 2. The van der Waals surface area contributed by atoms with E-state index >= 15 is 0 Å². The molecule has 2 aromatic heterocycles. The number of hydrogen-bond donors (Lipinski definition) is 1. The van der Waals surface area contributed by atoms with Gasteiger partial charge >= 0.3 is 0 Å². The van der Waals surface area contributed by atoms with Gasteiger partial charge in [-0.25, -0.2) is 9.97 Å². The van der Waals surface area contributed by atoms with E-state index in [9.17, 15) is 0 Å². The van der Waals surface area contributed by atoms with E-state index in [1.807, 2.05) is 6.20 Å². The Kier molecular flexibility index (Phi) is 4.48. The summed E-state index contributed by atoms with van der Waals surface area (Å²) in [4.78, 5) is 10.5. The van der Waals surface area contributed by atoms with Crippen molar-refractivity contribution in [2.75, 3.05) is 6.54 Å². The summed E-state index contributed by atoms with van der Waals surface area (Å²) in [6.45, 7) is 3.15. The molecule has 1 aliphatic rings. The van der Waals surface area contributed by atoms with Crippen molar-refractivity contribution in [1.29, 1.82) is 0 Å². The van der Waals surface area contributed by atoms with E-state index in [4.69, 9.17) is 4.98 Å². The molecule has 1 aliphatic carbocycles. The molecule has 0 bridgehead atoms. The second-order valence-electron chi connectivity index (χ2n) is 5.08. The predicted octanol–water partition coefficient (Wildman–Crippen LogP) is 4.34. The van der Waals surface area contributed by atoms with E-state index in [0.29, 0.717) is 6.04 Å². The molecule has 106 valence electrons. The summed E-state index contributed by atoms with van der Waals surface area (Å²) in [5.41, 5.74) is 2.52.